The molecule has 0 spiro atoms. The Morgan fingerprint density at radius 3 is 2.56 bits per heavy atom. The van der Waals surface area contributed by atoms with Crippen LogP contribution in [0.1, 0.15) is 45.3 Å². The molecular formula is C24H25N3O4S. The lowest BCUT2D eigenvalue weighted by Crippen LogP contribution is -2.25. The van der Waals surface area contributed by atoms with Crippen LogP contribution in [0.25, 0.3) is 0 Å². The van der Waals surface area contributed by atoms with Crippen LogP contribution in [0.15, 0.2) is 42.5 Å². The second kappa shape index (κ2) is 9.40. The number of aryl methyl sites for hydroxylation is 2. The quantitative estimate of drug-likeness (QED) is 0.563. The second-order valence-electron chi connectivity index (χ2n) is 7.65. The highest BCUT2D eigenvalue weighted by atomic mass is 32.1. The third kappa shape index (κ3) is 4.60. The predicted octanol–water partition coefficient (Wildman–Crippen LogP) is 4.78. The summed E-state index contributed by atoms with van der Waals surface area (Å²) in [5.74, 6) is 0.424. The Kier molecular flexibility index (Phi) is 6.41. The number of anilines is 2. The number of carbonyl (C=O) groups is 2. The van der Waals surface area contributed by atoms with Crippen molar-refractivity contribution in [2.24, 2.45) is 0 Å². The van der Waals surface area contributed by atoms with Crippen LogP contribution in [-0.4, -0.2) is 31.0 Å². The number of hydrogen-bond acceptors (Lipinski definition) is 6. The van der Waals surface area contributed by atoms with E-state index in [2.05, 4.69) is 15.6 Å². The van der Waals surface area contributed by atoms with Crippen molar-refractivity contribution in [3.05, 3.63) is 64.2 Å². The lowest BCUT2D eigenvalue weighted by molar-refractivity contribution is -0.118. The van der Waals surface area contributed by atoms with Gasteiger partial charge < -0.3 is 14.8 Å². The molecule has 2 N–H and O–H groups in total. The van der Waals surface area contributed by atoms with Crippen molar-refractivity contribution < 1.29 is 19.1 Å². The molecule has 7 nitrogen and oxygen atoms in total. The first-order valence-electron chi connectivity index (χ1n) is 10.4. The van der Waals surface area contributed by atoms with E-state index in [9.17, 15) is 9.59 Å². The van der Waals surface area contributed by atoms with Crippen molar-refractivity contribution in [2.45, 2.75) is 32.1 Å². The standard InChI is InChI=1S/C24H25N3O4S/c1-14-7-9-15(10-8-14)22(28)27-24-26-21-17(5-4-6-20(21)32-24)23(29)25-18-13-16(30-2)11-12-19(18)31-3/h7-13,17H,4-6H2,1-3H3,(H,25,29)(H,26,27,28). The Hall–Kier alpha value is -3.39. The minimum atomic E-state index is -0.393. The van der Waals surface area contributed by atoms with Gasteiger partial charge in [0.1, 0.15) is 11.5 Å². The van der Waals surface area contributed by atoms with E-state index in [4.69, 9.17) is 9.47 Å². The van der Waals surface area contributed by atoms with Crippen molar-refractivity contribution in [1.82, 2.24) is 4.98 Å². The second-order valence-corrected chi connectivity index (χ2v) is 8.73. The van der Waals surface area contributed by atoms with Crippen molar-refractivity contribution in [1.29, 1.82) is 0 Å². The normalized spacial score (nSPS) is 14.9. The van der Waals surface area contributed by atoms with E-state index in [-0.39, 0.29) is 11.8 Å². The molecule has 4 rings (SSSR count). The number of thiazole rings is 1. The van der Waals surface area contributed by atoms with Gasteiger partial charge in [0.2, 0.25) is 5.91 Å². The average Bonchev–Trinajstić information content (AvgIpc) is 3.21. The van der Waals surface area contributed by atoms with E-state index in [1.54, 1.807) is 44.6 Å². The number of benzene rings is 2. The SMILES string of the molecule is COc1ccc(OC)c(NC(=O)C2CCCc3sc(NC(=O)c4ccc(C)cc4)nc32)c1. The Balaban J connectivity index is 1.52. The third-order valence-corrected chi connectivity index (χ3v) is 6.52. The molecule has 0 radical (unpaired) electrons. The zero-order valence-corrected chi connectivity index (χ0v) is 19.0. The molecule has 1 aliphatic rings. The fourth-order valence-electron chi connectivity index (χ4n) is 3.73. The molecular weight excluding hydrogens is 426 g/mol. The fraction of sp³-hybridized carbons (Fsp3) is 0.292. The van der Waals surface area contributed by atoms with Gasteiger partial charge in [0.25, 0.3) is 5.91 Å². The average molecular weight is 452 g/mol. The number of ether oxygens (including phenoxy) is 2. The minimum absolute atomic E-state index is 0.154. The highest BCUT2D eigenvalue weighted by molar-refractivity contribution is 7.16. The van der Waals surface area contributed by atoms with Crippen LogP contribution in [-0.2, 0) is 11.2 Å². The molecule has 3 aromatic rings. The number of nitrogens with zero attached hydrogens (tertiary/aromatic N) is 1. The molecule has 1 atom stereocenters. The van der Waals surface area contributed by atoms with Gasteiger partial charge >= 0.3 is 0 Å². The molecule has 166 valence electrons. The monoisotopic (exact) mass is 451 g/mol. The first-order chi connectivity index (χ1) is 15.5. The molecule has 2 aromatic carbocycles. The van der Waals surface area contributed by atoms with E-state index in [1.165, 1.54) is 11.3 Å². The molecule has 2 amide bonds. The van der Waals surface area contributed by atoms with Gasteiger partial charge in [-0.25, -0.2) is 4.98 Å². The topological polar surface area (TPSA) is 89.5 Å². The van der Waals surface area contributed by atoms with E-state index in [0.29, 0.717) is 34.3 Å². The molecule has 32 heavy (non-hydrogen) atoms. The molecule has 0 aliphatic heterocycles. The van der Waals surface area contributed by atoms with E-state index in [0.717, 1.165) is 29.0 Å². The summed E-state index contributed by atoms with van der Waals surface area (Å²) in [6.07, 6.45) is 2.42. The first kappa shape index (κ1) is 21.8. The summed E-state index contributed by atoms with van der Waals surface area (Å²) < 4.78 is 10.6. The van der Waals surface area contributed by atoms with Crippen LogP contribution in [0.3, 0.4) is 0 Å². The number of rotatable bonds is 6. The number of nitrogens with one attached hydrogen (secondary N) is 2. The van der Waals surface area contributed by atoms with Crippen LogP contribution < -0.4 is 20.1 Å². The van der Waals surface area contributed by atoms with Crippen molar-refractivity contribution in [2.75, 3.05) is 24.9 Å². The minimum Gasteiger partial charge on any atom is -0.497 e. The van der Waals surface area contributed by atoms with Crippen LogP contribution >= 0.6 is 11.3 Å². The molecule has 1 unspecified atom stereocenters. The van der Waals surface area contributed by atoms with E-state index < -0.39 is 5.92 Å². The van der Waals surface area contributed by atoms with Gasteiger partial charge in [-0.2, -0.15) is 0 Å². The number of hydrogen-bond donors (Lipinski definition) is 2. The number of fused-ring (bicyclic) bond motifs is 1. The third-order valence-electron chi connectivity index (χ3n) is 5.47. The Bertz CT molecular complexity index is 1140. The van der Waals surface area contributed by atoms with Gasteiger partial charge in [0.05, 0.1) is 31.5 Å². The lowest BCUT2D eigenvalue weighted by atomic mass is 9.90. The Morgan fingerprint density at radius 2 is 1.84 bits per heavy atom. The molecule has 1 aromatic heterocycles. The summed E-state index contributed by atoms with van der Waals surface area (Å²) >= 11 is 1.43. The van der Waals surface area contributed by atoms with Gasteiger partial charge in [-0.3, -0.25) is 14.9 Å². The summed E-state index contributed by atoms with van der Waals surface area (Å²) in [5, 5.41) is 6.35. The molecule has 0 bridgehead atoms. The summed E-state index contributed by atoms with van der Waals surface area (Å²) in [7, 11) is 3.13. The summed E-state index contributed by atoms with van der Waals surface area (Å²) in [5.41, 5.74) is 2.95. The molecule has 0 saturated carbocycles. The molecule has 0 fully saturated rings. The highest BCUT2D eigenvalue weighted by Gasteiger charge is 2.31. The maximum absolute atomic E-state index is 13.2. The van der Waals surface area contributed by atoms with Gasteiger partial charge in [-0.15, -0.1) is 11.3 Å². The number of methoxy groups -OCH3 is 2. The molecule has 1 heterocycles. The van der Waals surface area contributed by atoms with Crippen molar-refractivity contribution in [3.8, 4) is 11.5 Å². The fourth-order valence-corrected chi connectivity index (χ4v) is 4.79. The van der Waals surface area contributed by atoms with Crippen LogP contribution in [0.2, 0.25) is 0 Å². The smallest absolute Gasteiger partial charge is 0.257 e. The number of amides is 2. The van der Waals surface area contributed by atoms with E-state index in [1.807, 2.05) is 19.1 Å². The Morgan fingerprint density at radius 1 is 1.06 bits per heavy atom. The van der Waals surface area contributed by atoms with E-state index >= 15 is 0 Å². The van der Waals surface area contributed by atoms with Crippen molar-refractivity contribution >= 4 is 34.0 Å². The van der Waals surface area contributed by atoms with Crippen molar-refractivity contribution in [3.63, 3.8) is 0 Å². The zero-order valence-electron chi connectivity index (χ0n) is 18.2. The maximum Gasteiger partial charge on any atom is 0.257 e. The van der Waals surface area contributed by atoms with Gasteiger partial charge in [0, 0.05) is 16.5 Å². The number of aromatic nitrogens is 1. The van der Waals surface area contributed by atoms with Gasteiger partial charge in [-0.05, 0) is 50.5 Å². The Labute approximate surface area is 190 Å². The molecule has 8 heteroatoms. The molecule has 0 saturated heterocycles. The molecule has 1 aliphatic carbocycles. The van der Waals surface area contributed by atoms with Gasteiger partial charge in [0.15, 0.2) is 5.13 Å². The van der Waals surface area contributed by atoms with Crippen LogP contribution in [0.4, 0.5) is 10.8 Å². The summed E-state index contributed by atoms with van der Waals surface area (Å²) in [6, 6.07) is 12.6. The van der Waals surface area contributed by atoms with Gasteiger partial charge in [-0.1, -0.05) is 17.7 Å². The first-order valence-corrected chi connectivity index (χ1v) is 11.2. The largest absolute Gasteiger partial charge is 0.497 e. The maximum atomic E-state index is 13.2. The van der Waals surface area contributed by atoms with Crippen LogP contribution in [0, 0.1) is 6.92 Å². The predicted molar refractivity (Wildman–Crippen MR) is 125 cm³/mol. The lowest BCUT2D eigenvalue weighted by Gasteiger charge is -2.21. The summed E-state index contributed by atoms with van der Waals surface area (Å²) in [4.78, 5) is 31.4. The van der Waals surface area contributed by atoms with Crippen LogP contribution in [0.5, 0.6) is 11.5 Å². The number of carbonyl (C=O) groups excluding carboxylic acids is 2. The zero-order chi connectivity index (χ0) is 22.7. The summed E-state index contributed by atoms with van der Waals surface area (Å²) in [6.45, 7) is 1.98. The highest BCUT2D eigenvalue weighted by Crippen LogP contribution is 2.38.